The summed E-state index contributed by atoms with van der Waals surface area (Å²) < 4.78 is 17.6. The predicted octanol–water partition coefficient (Wildman–Crippen LogP) is 1.99. The molecule has 2 aromatic rings. The third-order valence-corrected chi connectivity index (χ3v) is 3.91. The first-order chi connectivity index (χ1) is 13.0. The molecule has 1 heterocycles. The normalized spacial score (nSPS) is 12.7. The predicted molar refractivity (Wildman–Crippen MR) is 92.4 cm³/mol. The number of imide groups is 1. The summed E-state index contributed by atoms with van der Waals surface area (Å²) >= 11 is 0. The summed E-state index contributed by atoms with van der Waals surface area (Å²) in [5, 5.41) is 2.45. The van der Waals surface area contributed by atoms with Gasteiger partial charge in [0.15, 0.2) is 6.61 Å². The second-order valence-electron chi connectivity index (χ2n) is 5.77. The first-order valence-electron chi connectivity index (χ1n) is 8.12. The van der Waals surface area contributed by atoms with Gasteiger partial charge in [-0.15, -0.1) is 0 Å². The van der Waals surface area contributed by atoms with Crippen LogP contribution >= 0.6 is 0 Å². The maximum absolute atomic E-state index is 12.8. The van der Waals surface area contributed by atoms with E-state index in [0.29, 0.717) is 16.8 Å². The molecule has 0 fully saturated rings. The van der Waals surface area contributed by atoms with E-state index in [2.05, 4.69) is 5.32 Å². The second kappa shape index (κ2) is 7.77. The van der Waals surface area contributed by atoms with Gasteiger partial charge in [-0.05, 0) is 36.4 Å². The summed E-state index contributed by atoms with van der Waals surface area (Å²) in [6.45, 7) is -0.664. The van der Waals surface area contributed by atoms with Crippen LogP contribution in [0.1, 0.15) is 27.1 Å². The van der Waals surface area contributed by atoms with Crippen LogP contribution < -0.4 is 5.32 Å². The molecule has 0 bridgehead atoms. The molecule has 1 N–H and O–H groups in total. The van der Waals surface area contributed by atoms with Gasteiger partial charge >= 0.3 is 5.97 Å². The van der Waals surface area contributed by atoms with E-state index in [4.69, 9.17) is 4.74 Å². The summed E-state index contributed by atoms with van der Waals surface area (Å²) in [6, 6.07) is 11.5. The number of esters is 1. The monoisotopic (exact) mass is 370 g/mol. The number of nitrogens with zero attached hydrogens (tertiary/aromatic N) is 1. The van der Waals surface area contributed by atoms with Crippen molar-refractivity contribution in [3.05, 3.63) is 65.5 Å². The first kappa shape index (κ1) is 18.2. The number of ether oxygens (including phenoxy) is 1. The van der Waals surface area contributed by atoms with Crippen molar-refractivity contribution in [3.63, 3.8) is 0 Å². The molecule has 2 aromatic carbocycles. The van der Waals surface area contributed by atoms with Crippen molar-refractivity contribution in [1.82, 2.24) is 4.90 Å². The number of carbonyl (C=O) groups excluding carboxylic acids is 4. The Hall–Kier alpha value is -3.55. The highest BCUT2D eigenvalue weighted by Crippen LogP contribution is 2.22. The minimum Gasteiger partial charge on any atom is -0.456 e. The van der Waals surface area contributed by atoms with Crippen molar-refractivity contribution >= 4 is 29.4 Å². The fourth-order valence-corrected chi connectivity index (χ4v) is 2.59. The second-order valence-corrected chi connectivity index (χ2v) is 5.77. The Morgan fingerprint density at radius 3 is 2.15 bits per heavy atom. The molecule has 7 nitrogen and oxygen atoms in total. The lowest BCUT2D eigenvalue weighted by atomic mass is 10.1. The molecule has 1 aliphatic rings. The van der Waals surface area contributed by atoms with Crippen LogP contribution in [0.4, 0.5) is 10.1 Å². The number of carbonyl (C=O) groups is 4. The summed E-state index contributed by atoms with van der Waals surface area (Å²) in [5.74, 6) is -2.67. The maximum Gasteiger partial charge on any atom is 0.308 e. The van der Waals surface area contributed by atoms with Gasteiger partial charge in [-0.25, -0.2) is 4.39 Å². The van der Waals surface area contributed by atoms with Crippen molar-refractivity contribution in [2.75, 3.05) is 18.5 Å². The fourth-order valence-electron chi connectivity index (χ4n) is 2.59. The van der Waals surface area contributed by atoms with Crippen molar-refractivity contribution in [2.24, 2.45) is 0 Å². The highest BCUT2D eigenvalue weighted by molar-refractivity contribution is 6.21. The van der Waals surface area contributed by atoms with Gasteiger partial charge < -0.3 is 10.1 Å². The molecule has 27 heavy (non-hydrogen) atoms. The number of anilines is 1. The smallest absolute Gasteiger partial charge is 0.308 e. The van der Waals surface area contributed by atoms with Gasteiger partial charge in [0.25, 0.3) is 17.7 Å². The number of benzene rings is 2. The minimum absolute atomic E-state index is 0.134. The molecule has 3 rings (SSSR count). The first-order valence-corrected chi connectivity index (χ1v) is 8.12. The Labute approximate surface area is 153 Å². The van der Waals surface area contributed by atoms with E-state index < -0.39 is 36.1 Å². The van der Waals surface area contributed by atoms with Crippen molar-refractivity contribution in [3.8, 4) is 0 Å². The van der Waals surface area contributed by atoms with Crippen LogP contribution in [0.15, 0.2) is 48.5 Å². The van der Waals surface area contributed by atoms with Crippen molar-refractivity contribution < 1.29 is 28.3 Å². The number of hydrogen-bond donors (Lipinski definition) is 1. The zero-order valence-electron chi connectivity index (χ0n) is 14.1. The highest BCUT2D eigenvalue weighted by Gasteiger charge is 2.35. The quantitative estimate of drug-likeness (QED) is 0.620. The number of halogens is 1. The molecule has 0 atom stereocenters. The molecule has 0 aliphatic carbocycles. The third-order valence-electron chi connectivity index (χ3n) is 3.91. The zero-order chi connectivity index (χ0) is 19.4. The highest BCUT2D eigenvalue weighted by atomic mass is 19.1. The zero-order valence-corrected chi connectivity index (χ0v) is 14.1. The molecule has 0 unspecified atom stereocenters. The van der Waals surface area contributed by atoms with Gasteiger partial charge in [0, 0.05) is 12.2 Å². The van der Waals surface area contributed by atoms with Crippen molar-refractivity contribution in [1.29, 1.82) is 0 Å². The van der Waals surface area contributed by atoms with Gasteiger partial charge in [0.05, 0.1) is 17.5 Å². The SMILES string of the molecule is O=C(COC(=O)CCN1C(=O)c2ccccc2C1=O)Nc1ccc(F)cc1. The minimum atomic E-state index is -0.721. The largest absolute Gasteiger partial charge is 0.456 e. The van der Waals surface area contributed by atoms with E-state index in [1.165, 1.54) is 24.3 Å². The molecule has 3 amide bonds. The van der Waals surface area contributed by atoms with Gasteiger partial charge in [-0.1, -0.05) is 12.1 Å². The molecule has 0 saturated heterocycles. The van der Waals surface area contributed by atoms with Gasteiger partial charge in [-0.2, -0.15) is 0 Å². The molecule has 138 valence electrons. The summed E-state index contributed by atoms with van der Waals surface area (Å²) in [7, 11) is 0. The lowest BCUT2D eigenvalue weighted by Gasteiger charge is -2.13. The van der Waals surface area contributed by atoms with Gasteiger partial charge in [0.1, 0.15) is 5.82 Å². The fraction of sp³-hybridized carbons (Fsp3) is 0.158. The average molecular weight is 370 g/mol. The lowest BCUT2D eigenvalue weighted by Crippen LogP contribution is -2.32. The van der Waals surface area contributed by atoms with E-state index in [0.717, 1.165) is 4.90 Å². The Bertz CT molecular complexity index is 876. The lowest BCUT2D eigenvalue weighted by molar-refractivity contribution is -0.147. The van der Waals surface area contributed by atoms with Crippen LogP contribution in [-0.2, 0) is 14.3 Å². The molecule has 8 heteroatoms. The van der Waals surface area contributed by atoms with Crippen LogP contribution in [0, 0.1) is 5.82 Å². The molecule has 0 radical (unpaired) electrons. The number of amides is 3. The molecular weight excluding hydrogens is 355 g/mol. The van der Waals surface area contributed by atoms with E-state index >= 15 is 0 Å². The summed E-state index contributed by atoms with van der Waals surface area (Å²) in [5.41, 5.74) is 0.965. The number of rotatable bonds is 6. The van der Waals surface area contributed by atoms with Crippen LogP contribution in [0.2, 0.25) is 0 Å². The molecule has 0 saturated carbocycles. The summed E-state index contributed by atoms with van der Waals surface area (Å²) in [4.78, 5) is 48.8. The topological polar surface area (TPSA) is 92.8 Å². The number of hydrogen-bond acceptors (Lipinski definition) is 5. The van der Waals surface area contributed by atoms with Crippen LogP contribution in [0.3, 0.4) is 0 Å². The van der Waals surface area contributed by atoms with E-state index in [-0.39, 0.29) is 13.0 Å². The Balaban J connectivity index is 1.45. The molecule has 0 aromatic heterocycles. The Morgan fingerprint density at radius 2 is 1.56 bits per heavy atom. The standard InChI is InChI=1S/C19H15FN2O5/c20-12-5-7-13(8-6-12)21-16(23)11-27-17(24)9-10-22-18(25)14-3-1-2-4-15(14)19(22)26/h1-8H,9-11H2,(H,21,23). The van der Waals surface area contributed by atoms with Gasteiger partial charge in [-0.3, -0.25) is 24.1 Å². The Morgan fingerprint density at radius 1 is 0.963 bits per heavy atom. The molecular formula is C19H15FN2O5. The number of fused-ring (bicyclic) bond motifs is 1. The van der Waals surface area contributed by atoms with Crippen LogP contribution in [-0.4, -0.2) is 41.7 Å². The summed E-state index contributed by atoms with van der Waals surface area (Å²) in [6.07, 6.45) is -0.227. The van der Waals surface area contributed by atoms with E-state index in [1.54, 1.807) is 24.3 Å². The maximum atomic E-state index is 12.8. The van der Waals surface area contributed by atoms with Crippen LogP contribution in [0.25, 0.3) is 0 Å². The molecule has 1 aliphatic heterocycles. The molecule has 0 spiro atoms. The van der Waals surface area contributed by atoms with Gasteiger partial charge in [0.2, 0.25) is 0 Å². The average Bonchev–Trinajstić information content (AvgIpc) is 2.91. The van der Waals surface area contributed by atoms with E-state index in [1.807, 2.05) is 0 Å². The van der Waals surface area contributed by atoms with Crippen LogP contribution in [0.5, 0.6) is 0 Å². The number of nitrogens with one attached hydrogen (secondary N) is 1. The van der Waals surface area contributed by atoms with E-state index in [9.17, 15) is 23.6 Å². The Kier molecular flexibility index (Phi) is 5.25. The van der Waals surface area contributed by atoms with Crippen molar-refractivity contribution in [2.45, 2.75) is 6.42 Å². The third kappa shape index (κ3) is 4.17.